The summed E-state index contributed by atoms with van der Waals surface area (Å²) < 4.78 is 6.50. The van der Waals surface area contributed by atoms with Gasteiger partial charge in [0.15, 0.2) is 0 Å². The van der Waals surface area contributed by atoms with Crippen LogP contribution in [0, 0.1) is 5.92 Å². The molecule has 134 valence electrons. The van der Waals surface area contributed by atoms with Gasteiger partial charge < -0.3 is 19.9 Å². The van der Waals surface area contributed by atoms with Crippen molar-refractivity contribution in [2.75, 3.05) is 12.4 Å². The zero-order valence-electron chi connectivity index (χ0n) is 14.8. The van der Waals surface area contributed by atoms with Crippen LogP contribution in [0.3, 0.4) is 0 Å². The summed E-state index contributed by atoms with van der Waals surface area (Å²) >= 11 is 0. The number of esters is 1. The maximum atomic E-state index is 12.3. The van der Waals surface area contributed by atoms with Crippen molar-refractivity contribution < 1.29 is 19.1 Å². The molecule has 0 unspecified atom stereocenters. The Morgan fingerprint density at radius 2 is 1.92 bits per heavy atom. The van der Waals surface area contributed by atoms with Crippen LogP contribution in [-0.2, 0) is 25.7 Å². The van der Waals surface area contributed by atoms with Crippen molar-refractivity contribution in [1.29, 1.82) is 0 Å². The minimum absolute atomic E-state index is 0.0627. The topological polar surface area (TPSA) is 89.4 Å². The molecule has 7 nitrogen and oxygen atoms in total. The molecule has 1 aromatic heterocycles. The van der Waals surface area contributed by atoms with Gasteiger partial charge in [-0.1, -0.05) is 19.9 Å². The van der Waals surface area contributed by atoms with Crippen LogP contribution in [-0.4, -0.2) is 35.5 Å². The highest BCUT2D eigenvalue weighted by Crippen LogP contribution is 2.24. The monoisotopic (exact) mass is 345 g/mol. The Hall–Kier alpha value is -2.83. The summed E-state index contributed by atoms with van der Waals surface area (Å²) in [6, 6.07) is 6.64. The molecule has 25 heavy (non-hydrogen) atoms. The average Bonchev–Trinajstić information content (AvgIpc) is 2.95. The van der Waals surface area contributed by atoms with E-state index >= 15 is 0 Å². The predicted octanol–water partition coefficient (Wildman–Crippen LogP) is 1.91. The van der Waals surface area contributed by atoms with Crippen molar-refractivity contribution in [3.05, 3.63) is 30.5 Å². The molecule has 2 rings (SSSR count). The van der Waals surface area contributed by atoms with Crippen molar-refractivity contribution in [3.8, 4) is 0 Å². The highest BCUT2D eigenvalue weighted by molar-refractivity contribution is 6.01. The largest absolute Gasteiger partial charge is 0.467 e. The molecule has 0 spiro atoms. The van der Waals surface area contributed by atoms with Crippen LogP contribution >= 0.6 is 0 Å². The van der Waals surface area contributed by atoms with Gasteiger partial charge in [-0.05, 0) is 24.1 Å². The molecule has 0 saturated heterocycles. The number of fused-ring (bicyclic) bond motifs is 1. The second-order valence-electron chi connectivity index (χ2n) is 6.18. The summed E-state index contributed by atoms with van der Waals surface area (Å²) in [7, 11) is 1.30. The van der Waals surface area contributed by atoms with Crippen LogP contribution in [0.15, 0.2) is 30.5 Å². The van der Waals surface area contributed by atoms with E-state index in [0.717, 1.165) is 10.9 Å². The van der Waals surface area contributed by atoms with Gasteiger partial charge in [0.25, 0.3) is 0 Å². The fourth-order valence-electron chi connectivity index (χ4n) is 2.66. The zero-order valence-corrected chi connectivity index (χ0v) is 14.8. The number of amides is 2. The molecule has 0 radical (unpaired) electrons. The van der Waals surface area contributed by atoms with E-state index in [0.29, 0.717) is 5.69 Å². The molecule has 2 N–H and O–H groups in total. The molecule has 1 atom stereocenters. The van der Waals surface area contributed by atoms with E-state index in [-0.39, 0.29) is 24.3 Å². The fourth-order valence-corrected chi connectivity index (χ4v) is 2.66. The normalized spacial score (nSPS) is 12.0. The number of aromatic nitrogens is 1. The SMILES string of the molecule is COC(=O)[C@H](NC(=O)Cn1ccc2c(NC(C)=O)cccc21)C(C)C. The standard InChI is InChI=1S/C18H23N3O4/c1-11(2)17(18(24)25-4)20-16(23)10-21-9-8-13-14(19-12(3)22)6-5-7-15(13)21/h5-9,11,17H,10H2,1-4H3,(H,19,22)(H,20,23)/t17-/m1/s1. The molecular formula is C18H23N3O4. The number of benzene rings is 1. The molecule has 0 aliphatic heterocycles. The van der Waals surface area contributed by atoms with Gasteiger partial charge in [0.05, 0.1) is 18.3 Å². The number of rotatable bonds is 6. The Kier molecular flexibility index (Phi) is 5.80. The maximum absolute atomic E-state index is 12.3. The third kappa shape index (κ3) is 4.37. The van der Waals surface area contributed by atoms with Crippen molar-refractivity contribution in [3.63, 3.8) is 0 Å². The summed E-state index contributed by atoms with van der Waals surface area (Å²) in [6.07, 6.45) is 1.78. The van der Waals surface area contributed by atoms with E-state index in [1.165, 1.54) is 14.0 Å². The van der Waals surface area contributed by atoms with Gasteiger partial charge in [-0.25, -0.2) is 4.79 Å². The summed E-state index contributed by atoms with van der Waals surface area (Å²) in [6.45, 7) is 5.19. The number of anilines is 1. The molecule has 2 aromatic rings. The number of nitrogens with one attached hydrogen (secondary N) is 2. The van der Waals surface area contributed by atoms with Gasteiger partial charge in [0.1, 0.15) is 12.6 Å². The smallest absolute Gasteiger partial charge is 0.328 e. The highest BCUT2D eigenvalue weighted by Gasteiger charge is 2.25. The van der Waals surface area contributed by atoms with Crippen LogP contribution in [0.4, 0.5) is 5.69 Å². The molecule has 2 amide bonds. The van der Waals surface area contributed by atoms with Crippen LogP contribution in [0.25, 0.3) is 10.9 Å². The summed E-state index contributed by atoms with van der Waals surface area (Å²) in [5.74, 6) is -0.986. The predicted molar refractivity (Wildman–Crippen MR) is 95.0 cm³/mol. The lowest BCUT2D eigenvalue weighted by Crippen LogP contribution is -2.46. The molecule has 0 aliphatic rings. The first-order chi connectivity index (χ1) is 11.8. The number of hydrogen-bond acceptors (Lipinski definition) is 4. The third-order valence-electron chi connectivity index (χ3n) is 3.88. The Labute approximate surface area is 146 Å². The fraction of sp³-hybridized carbons (Fsp3) is 0.389. The quantitative estimate of drug-likeness (QED) is 0.783. The molecular weight excluding hydrogens is 322 g/mol. The molecule has 1 aromatic carbocycles. The molecule has 0 bridgehead atoms. The second kappa shape index (κ2) is 7.83. The number of carbonyl (C=O) groups is 3. The van der Waals surface area contributed by atoms with Gasteiger partial charge in [0, 0.05) is 18.5 Å². The average molecular weight is 345 g/mol. The van der Waals surface area contributed by atoms with Crippen LogP contribution in [0.2, 0.25) is 0 Å². The lowest BCUT2D eigenvalue weighted by Gasteiger charge is -2.20. The van der Waals surface area contributed by atoms with Crippen LogP contribution < -0.4 is 10.6 Å². The first kappa shape index (κ1) is 18.5. The highest BCUT2D eigenvalue weighted by atomic mass is 16.5. The van der Waals surface area contributed by atoms with E-state index in [4.69, 9.17) is 4.74 Å². The third-order valence-corrected chi connectivity index (χ3v) is 3.88. The molecule has 1 heterocycles. The van der Waals surface area contributed by atoms with E-state index in [1.54, 1.807) is 16.8 Å². The van der Waals surface area contributed by atoms with Gasteiger partial charge in [-0.15, -0.1) is 0 Å². The maximum Gasteiger partial charge on any atom is 0.328 e. The van der Waals surface area contributed by atoms with Gasteiger partial charge in [0.2, 0.25) is 11.8 Å². The molecule has 7 heteroatoms. The van der Waals surface area contributed by atoms with E-state index in [9.17, 15) is 14.4 Å². The second-order valence-corrected chi connectivity index (χ2v) is 6.18. The lowest BCUT2D eigenvalue weighted by atomic mass is 10.0. The van der Waals surface area contributed by atoms with Gasteiger partial charge in [-0.3, -0.25) is 9.59 Å². The number of ether oxygens (including phenoxy) is 1. The van der Waals surface area contributed by atoms with Crippen molar-refractivity contribution >= 4 is 34.4 Å². The number of methoxy groups -OCH3 is 1. The van der Waals surface area contributed by atoms with E-state index in [1.807, 2.05) is 32.0 Å². The Morgan fingerprint density at radius 3 is 2.52 bits per heavy atom. The lowest BCUT2D eigenvalue weighted by molar-refractivity contribution is -0.146. The van der Waals surface area contributed by atoms with Crippen LogP contribution in [0.5, 0.6) is 0 Å². The Morgan fingerprint density at radius 1 is 1.20 bits per heavy atom. The van der Waals surface area contributed by atoms with Gasteiger partial charge in [-0.2, -0.15) is 0 Å². The number of carbonyl (C=O) groups excluding carboxylic acids is 3. The first-order valence-corrected chi connectivity index (χ1v) is 8.06. The summed E-state index contributed by atoms with van der Waals surface area (Å²) in [5.41, 5.74) is 1.51. The van der Waals surface area contributed by atoms with E-state index < -0.39 is 12.0 Å². The van der Waals surface area contributed by atoms with Gasteiger partial charge >= 0.3 is 5.97 Å². The summed E-state index contributed by atoms with van der Waals surface area (Å²) in [4.78, 5) is 35.4. The van der Waals surface area contributed by atoms with E-state index in [2.05, 4.69) is 10.6 Å². The summed E-state index contributed by atoms with van der Waals surface area (Å²) in [5, 5.41) is 6.33. The molecule has 0 fully saturated rings. The van der Waals surface area contributed by atoms with Crippen molar-refractivity contribution in [1.82, 2.24) is 9.88 Å². The van der Waals surface area contributed by atoms with Crippen molar-refractivity contribution in [2.45, 2.75) is 33.4 Å². The number of hydrogen-bond donors (Lipinski definition) is 2. The minimum atomic E-state index is -0.686. The van der Waals surface area contributed by atoms with Crippen molar-refractivity contribution in [2.24, 2.45) is 5.92 Å². The Bertz CT molecular complexity index is 795. The minimum Gasteiger partial charge on any atom is -0.467 e. The molecule has 0 aliphatic carbocycles. The Balaban J connectivity index is 2.18. The first-order valence-electron chi connectivity index (χ1n) is 8.06. The number of nitrogens with zero attached hydrogens (tertiary/aromatic N) is 1. The van der Waals surface area contributed by atoms with Crippen LogP contribution in [0.1, 0.15) is 20.8 Å². The zero-order chi connectivity index (χ0) is 18.6. The molecule has 0 saturated carbocycles.